The molecule has 0 bridgehead atoms. The van der Waals surface area contributed by atoms with Crippen molar-refractivity contribution in [2.24, 2.45) is 5.73 Å². The van der Waals surface area contributed by atoms with Gasteiger partial charge >= 0.3 is 12.3 Å². The molecule has 9 heteroatoms. The van der Waals surface area contributed by atoms with Crippen molar-refractivity contribution in [3.05, 3.63) is 21.0 Å². The van der Waals surface area contributed by atoms with Crippen molar-refractivity contribution in [3.63, 3.8) is 0 Å². The van der Waals surface area contributed by atoms with Crippen LogP contribution in [0, 0.1) is 3.70 Å². The minimum Gasteiger partial charge on any atom is -0.466 e. The second-order valence-corrected chi connectivity index (χ2v) is 4.65. The van der Waals surface area contributed by atoms with E-state index in [0.717, 1.165) is 0 Å². The Kier molecular flexibility index (Phi) is 5.99. The number of hydrogen-bond donors (Lipinski definition) is 1. The third-order valence-corrected chi connectivity index (χ3v) is 2.86. The average Bonchev–Trinajstić information content (AvgIpc) is 2.31. The third-order valence-electron chi connectivity index (χ3n) is 2.13. The van der Waals surface area contributed by atoms with E-state index in [0.29, 0.717) is 0 Å². The van der Waals surface area contributed by atoms with E-state index in [2.05, 4.69) is 9.72 Å². The predicted octanol–water partition coefficient (Wildman–Crippen LogP) is 2.15. The van der Waals surface area contributed by atoms with Crippen molar-refractivity contribution >= 4 is 28.6 Å². The minimum atomic E-state index is -4.83. The van der Waals surface area contributed by atoms with Crippen molar-refractivity contribution in [2.75, 3.05) is 6.61 Å². The van der Waals surface area contributed by atoms with Crippen LogP contribution in [0.1, 0.15) is 18.2 Å². The molecule has 0 aliphatic rings. The zero-order valence-electron chi connectivity index (χ0n) is 10.5. The van der Waals surface area contributed by atoms with Gasteiger partial charge in [0.2, 0.25) is 0 Å². The van der Waals surface area contributed by atoms with Crippen LogP contribution in [0.5, 0.6) is 5.75 Å². The van der Waals surface area contributed by atoms with Crippen LogP contribution in [-0.4, -0.2) is 23.9 Å². The van der Waals surface area contributed by atoms with E-state index in [-0.39, 0.29) is 34.5 Å². The van der Waals surface area contributed by atoms with E-state index >= 15 is 0 Å². The van der Waals surface area contributed by atoms with Crippen molar-refractivity contribution in [2.45, 2.75) is 26.3 Å². The Labute approximate surface area is 126 Å². The SMILES string of the molecule is CCOC(=O)Cc1cc(CN)c(OC(F)(F)F)c(I)n1. The molecule has 0 aliphatic carbocycles. The van der Waals surface area contributed by atoms with Gasteiger partial charge in [0.1, 0.15) is 3.70 Å². The molecule has 1 rings (SSSR count). The smallest absolute Gasteiger partial charge is 0.466 e. The second kappa shape index (κ2) is 7.07. The fourth-order valence-electron chi connectivity index (χ4n) is 1.43. The number of nitrogens with two attached hydrogens (primary N) is 1. The molecule has 1 aromatic heterocycles. The molecular weight excluding hydrogens is 392 g/mol. The molecule has 0 aromatic carbocycles. The van der Waals surface area contributed by atoms with Crippen LogP contribution < -0.4 is 10.5 Å². The highest BCUT2D eigenvalue weighted by Crippen LogP contribution is 2.30. The second-order valence-electron chi connectivity index (χ2n) is 3.63. The minimum absolute atomic E-state index is 0.0119. The standard InChI is InChI=1S/C11H12F3IN2O3/c1-2-19-8(18)4-7-3-6(5-16)9(10(15)17-7)20-11(12,13)14/h3H,2,4-5,16H2,1H3. The summed E-state index contributed by atoms with van der Waals surface area (Å²) < 4.78 is 45.5. The highest BCUT2D eigenvalue weighted by atomic mass is 127. The van der Waals surface area contributed by atoms with Crippen molar-refractivity contribution in [3.8, 4) is 5.75 Å². The fourth-order valence-corrected chi connectivity index (χ4v) is 2.20. The Morgan fingerprint density at radius 2 is 2.15 bits per heavy atom. The summed E-state index contributed by atoms with van der Waals surface area (Å²) in [5.41, 5.74) is 5.81. The fraction of sp³-hybridized carbons (Fsp3) is 0.455. The van der Waals surface area contributed by atoms with Gasteiger partial charge in [-0.2, -0.15) is 0 Å². The Morgan fingerprint density at radius 1 is 1.50 bits per heavy atom. The molecule has 0 saturated heterocycles. The molecule has 0 fully saturated rings. The Hall–Kier alpha value is -1.10. The van der Waals surface area contributed by atoms with Gasteiger partial charge in [0.05, 0.1) is 18.7 Å². The normalized spacial score (nSPS) is 11.3. The molecule has 0 amide bonds. The number of carbonyl (C=O) groups is 1. The van der Waals surface area contributed by atoms with Crippen LogP contribution in [0.25, 0.3) is 0 Å². The van der Waals surface area contributed by atoms with Gasteiger partial charge in [0.25, 0.3) is 0 Å². The van der Waals surface area contributed by atoms with Gasteiger partial charge in [-0.05, 0) is 35.6 Å². The number of nitrogens with zero attached hydrogens (tertiary/aromatic N) is 1. The average molecular weight is 404 g/mol. The van der Waals surface area contributed by atoms with Crippen LogP contribution in [0.3, 0.4) is 0 Å². The summed E-state index contributed by atoms with van der Waals surface area (Å²) in [5.74, 6) is -0.948. The van der Waals surface area contributed by atoms with Gasteiger partial charge in [-0.1, -0.05) is 0 Å². The molecule has 1 aromatic rings. The summed E-state index contributed by atoms with van der Waals surface area (Å²) in [6.45, 7) is 1.70. The number of hydrogen-bond acceptors (Lipinski definition) is 5. The number of esters is 1. The summed E-state index contributed by atoms with van der Waals surface area (Å²) in [7, 11) is 0. The summed E-state index contributed by atoms with van der Waals surface area (Å²) in [5, 5.41) is 0. The third kappa shape index (κ3) is 5.12. The lowest BCUT2D eigenvalue weighted by molar-refractivity contribution is -0.275. The molecule has 20 heavy (non-hydrogen) atoms. The number of carbonyl (C=O) groups excluding carboxylic acids is 1. The van der Waals surface area contributed by atoms with Gasteiger partial charge < -0.3 is 15.2 Å². The topological polar surface area (TPSA) is 74.4 Å². The lowest BCUT2D eigenvalue weighted by Gasteiger charge is -2.14. The van der Waals surface area contributed by atoms with Gasteiger partial charge in [-0.15, -0.1) is 13.2 Å². The number of pyridine rings is 1. The summed E-state index contributed by atoms with van der Waals surface area (Å²) in [6.07, 6.45) is -4.96. The van der Waals surface area contributed by atoms with E-state index in [1.54, 1.807) is 29.5 Å². The number of ether oxygens (including phenoxy) is 2. The molecule has 2 N–H and O–H groups in total. The van der Waals surface area contributed by atoms with Gasteiger partial charge in [0, 0.05) is 12.1 Å². The molecule has 0 radical (unpaired) electrons. The van der Waals surface area contributed by atoms with E-state index in [4.69, 9.17) is 10.5 Å². The molecule has 112 valence electrons. The lowest BCUT2D eigenvalue weighted by Crippen LogP contribution is -2.20. The molecule has 0 atom stereocenters. The summed E-state index contributed by atoms with van der Waals surface area (Å²) >= 11 is 1.60. The number of alkyl halides is 3. The maximum absolute atomic E-state index is 12.3. The van der Waals surface area contributed by atoms with Crippen molar-refractivity contribution < 1.29 is 27.4 Å². The highest BCUT2D eigenvalue weighted by molar-refractivity contribution is 14.1. The Balaban J connectivity index is 3.04. The molecule has 0 unspecified atom stereocenters. The first-order valence-corrected chi connectivity index (χ1v) is 6.64. The predicted molar refractivity (Wildman–Crippen MR) is 71.9 cm³/mol. The van der Waals surface area contributed by atoms with Crippen LogP contribution >= 0.6 is 22.6 Å². The van der Waals surface area contributed by atoms with Crippen LogP contribution in [0.15, 0.2) is 6.07 Å². The zero-order chi connectivity index (χ0) is 15.3. The van der Waals surface area contributed by atoms with E-state index in [1.165, 1.54) is 6.07 Å². The van der Waals surface area contributed by atoms with Gasteiger partial charge in [0.15, 0.2) is 5.75 Å². The first-order valence-electron chi connectivity index (χ1n) is 5.56. The first kappa shape index (κ1) is 17.0. The summed E-state index contributed by atoms with van der Waals surface area (Å²) in [4.78, 5) is 15.2. The lowest BCUT2D eigenvalue weighted by atomic mass is 10.2. The van der Waals surface area contributed by atoms with E-state index < -0.39 is 18.1 Å². The quantitative estimate of drug-likeness (QED) is 0.463. The first-order chi connectivity index (χ1) is 9.26. The molecule has 0 saturated carbocycles. The molecule has 0 spiro atoms. The Bertz CT molecular complexity index is 495. The highest BCUT2D eigenvalue weighted by Gasteiger charge is 2.33. The molecule has 5 nitrogen and oxygen atoms in total. The maximum Gasteiger partial charge on any atom is 0.573 e. The monoisotopic (exact) mass is 404 g/mol. The van der Waals surface area contributed by atoms with E-state index in [9.17, 15) is 18.0 Å². The van der Waals surface area contributed by atoms with Crippen LogP contribution in [0.4, 0.5) is 13.2 Å². The van der Waals surface area contributed by atoms with E-state index in [1.807, 2.05) is 0 Å². The zero-order valence-corrected chi connectivity index (χ0v) is 12.6. The largest absolute Gasteiger partial charge is 0.573 e. The van der Waals surface area contributed by atoms with Crippen LogP contribution in [0.2, 0.25) is 0 Å². The summed E-state index contributed by atoms with van der Waals surface area (Å²) in [6, 6.07) is 1.31. The van der Waals surface area contributed by atoms with Crippen molar-refractivity contribution in [1.29, 1.82) is 0 Å². The van der Waals surface area contributed by atoms with Crippen molar-refractivity contribution in [1.82, 2.24) is 4.98 Å². The van der Waals surface area contributed by atoms with Gasteiger partial charge in [-0.25, -0.2) is 4.98 Å². The Morgan fingerprint density at radius 3 is 2.65 bits per heavy atom. The number of rotatable bonds is 5. The number of halogens is 4. The molecule has 1 heterocycles. The number of aromatic nitrogens is 1. The maximum atomic E-state index is 12.3. The molecule has 0 aliphatic heterocycles. The van der Waals surface area contributed by atoms with Crippen LogP contribution in [-0.2, 0) is 22.5 Å². The van der Waals surface area contributed by atoms with Gasteiger partial charge in [-0.3, -0.25) is 4.79 Å². The molecular formula is C11H12F3IN2O3.